The second-order valence-corrected chi connectivity index (χ2v) is 13.2. The summed E-state index contributed by atoms with van der Waals surface area (Å²) in [6, 6.07) is 2.23. The quantitative estimate of drug-likeness (QED) is 0.477. The summed E-state index contributed by atoms with van der Waals surface area (Å²) in [5.41, 5.74) is 4.34. The number of alkyl halides is 1. The molecular formula is C29H34BrN7O3. The van der Waals surface area contributed by atoms with Gasteiger partial charge in [0.25, 0.3) is 5.56 Å². The van der Waals surface area contributed by atoms with Crippen molar-refractivity contribution >= 4 is 39.6 Å². The van der Waals surface area contributed by atoms with E-state index in [2.05, 4.69) is 56.9 Å². The smallest absolute Gasteiger partial charge is 0.270 e. The summed E-state index contributed by atoms with van der Waals surface area (Å²) < 4.78 is 13.0. The zero-order valence-corrected chi connectivity index (χ0v) is 24.7. The monoisotopic (exact) mass is 607 g/mol. The minimum Gasteiger partial charge on any atom is -0.491 e. The highest BCUT2D eigenvalue weighted by Gasteiger charge is 2.39. The van der Waals surface area contributed by atoms with Crippen LogP contribution in [0.15, 0.2) is 27.8 Å². The number of allylic oxidation sites excluding steroid dienone is 2. The maximum Gasteiger partial charge on any atom is 0.270 e. The first kappa shape index (κ1) is 27.0. The lowest BCUT2D eigenvalue weighted by atomic mass is 9.87. The molecule has 1 aliphatic carbocycles. The fourth-order valence-electron chi connectivity index (χ4n) is 6.10. The van der Waals surface area contributed by atoms with Crippen LogP contribution < -0.4 is 10.5 Å². The Kier molecular flexibility index (Phi) is 7.17. The van der Waals surface area contributed by atoms with Crippen LogP contribution in [0.5, 0.6) is 0 Å². The van der Waals surface area contributed by atoms with Crippen molar-refractivity contribution in [1.29, 1.82) is 5.26 Å². The summed E-state index contributed by atoms with van der Waals surface area (Å²) in [6.45, 7) is 7.71. The molecule has 0 N–H and O–H groups in total. The van der Waals surface area contributed by atoms with Crippen LogP contribution in [0.3, 0.4) is 0 Å². The van der Waals surface area contributed by atoms with Gasteiger partial charge in [-0.3, -0.25) is 9.79 Å². The van der Waals surface area contributed by atoms with Crippen molar-refractivity contribution in [1.82, 2.24) is 19.6 Å². The Balaban J connectivity index is 1.27. The van der Waals surface area contributed by atoms with Gasteiger partial charge in [-0.25, -0.2) is 0 Å². The van der Waals surface area contributed by atoms with Gasteiger partial charge in [0.05, 0.1) is 46.5 Å². The van der Waals surface area contributed by atoms with E-state index in [0.29, 0.717) is 25.6 Å². The number of ether oxygens (including phenoxy) is 2. The average Bonchev–Trinajstić information content (AvgIpc) is 3.64. The highest BCUT2D eigenvalue weighted by Crippen LogP contribution is 2.44. The van der Waals surface area contributed by atoms with E-state index in [9.17, 15) is 10.1 Å². The molecule has 11 heteroatoms. The van der Waals surface area contributed by atoms with Crippen molar-refractivity contribution in [2.24, 2.45) is 18.0 Å². The van der Waals surface area contributed by atoms with E-state index in [0.717, 1.165) is 73.0 Å². The van der Waals surface area contributed by atoms with E-state index in [1.807, 2.05) is 18.5 Å². The molecule has 0 saturated carbocycles. The van der Waals surface area contributed by atoms with Gasteiger partial charge in [0.1, 0.15) is 23.5 Å². The molecule has 6 rings (SSSR count). The van der Waals surface area contributed by atoms with E-state index < -0.39 is 4.32 Å². The van der Waals surface area contributed by atoms with E-state index in [4.69, 9.17) is 14.6 Å². The molecule has 0 amide bonds. The predicted octanol–water partition coefficient (Wildman–Crippen LogP) is 3.65. The first-order chi connectivity index (χ1) is 19.2. The molecule has 0 bridgehead atoms. The van der Waals surface area contributed by atoms with Crippen LogP contribution in [0.4, 0.5) is 5.69 Å². The number of fused-ring (bicyclic) bond motifs is 1. The summed E-state index contributed by atoms with van der Waals surface area (Å²) in [6.07, 6.45) is 11.0. The van der Waals surface area contributed by atoms with Gasteiger partial charge in [0.15, 0.2) is 0 Å². The minimum absolute atomic E-state index is 0.00152. The van der Waals surface area contributed by atoms with Crippen molar-refractivity contribution in [3.05, 3.63) is 50.9 Å². The largest absolute Gasteiger partial charge is 0.491 e. The average molecular weight is 609 g/mol. The van der Waals surface area contributed by atoms with Crippen LogP contribution >= 0.6 is 15.9 Å². The van der Waals surface area contributed by atoms with Gasteiger partial charge in [-0.1, -0.05) is 28.9 Å². The number of aromatic nitrogens is 4. The molecule has 0 spiro atoms. The molecule has 10 nitrogen and oxygen atoms in total. The standard InChI is InChI=1S/C29H34BrN7O3/c1-18-10-20(15-32-14-18)37-33-16-24(34-37)19-4-7-36(8-5-19)27-22-12-29(2,30)26(40-21-6-9-39-17-21)11-25(22)35(3)28(38)23(27)13-31/h10-11,15-16,18-19,21H,4-9,12,14,17H2,1-3H3. The number of halogens is 1. The third-order valence-electron chi connectivity index (χ3n) is 8.34. The number of pyridine rings is 1. The Bertz CT molecular complexity index is 1500. The second kappa shape index (κ2) is 10.6. The lowest BCUT2D eigenvalue weighted by Crippen LogP contribution is -2.40. The fourth-order valence-corrected chi connectivity index (χ4v) is 6.59. The molecule has 0 aromatic carbocycles. The van der Waals surface area contributed by atoms with Gasteiger partial charge in [-0.05, 0) is 32.1 Å². The lowest BCUT2D eigenvalue weighted by molar-refractivity contribution is 0.0830. The van der Waals surface area contributed by atoms with Crippen LogP contribution in [0, 0.1) is 17.2 Å². The van der Waals surface area contributed by atoms with Crippen molar-refractivity contribution in [2.45, 2.75) is 55.9 Å². The third kappa shape index (κ3) is 4.92. The molecule has 40 heavy (non-hydrogen) atoms. The summed E-state index contributed by atoms with van der Waals surface area (Å²) in [7, 11) is 1.73. The maximum atomic E-state index is 13.4. The Hall–Kier alpha value is -3.23. The van der Waals surface area contributed by atoms with E-state index in [-0.39, 0.29) is 23.1 Å². The molecule has 5 heterocycles. The summed E-state index contributed by atoms with van der Waals surface area (Å²) in [4.78, 5) is 21.7. The molecule has 3 unspecified atom stereocenters. The molecule has 2 saturated heterocycles. The van der Waals surface area contributed by atoms with Gasteiger partial charge in [-0.2, -0.15) is 20.3 Å². The third-order valence-corrected chi connectivity index (χ3v) is 9.01. The number of rotatable bonds is 5. The van der Waals surface area contributed by atoms with Crippen molar-refractivity contribution in [2.75, 3.05) is 37.7 Å². The second-order valence-electron chi connectivity index (χ2n) is 11.4. The number of dihydropyridines is 1. The summed E-state index contributed by atoms with van der Waals surface area (Å²) in [5.74, 6) is 1.41. The molecule has 3 atom stereocenters. The Morgan fingerprint density at radius 3 is 2.77 bits per heavy atom. The topological polar surface area (TPSA) is 111 Å². The van der Waals surface area contributed by atoms with Gasteiger partial charge < -0.3 is 18.9 Å². The normalized spacial score (nSPS) is 26.7. The van der Waals surface area contributed by atoms with Gasteiger partial charge >= 0.3 is 0 Å². The molecule has 2 aromatic rings. The molecular weight excluding hydrogens is 574 g/mol. The molecule has 4 aliphatic rings. The summed E-state index contributed by atoms with van der Waals surface area (Å²) in [5, 5.41) is 19.4. The minimum atomic E-state index is -0.465. The van der Waals surface area contributed by atoms with Crippen LogP contribution in [0.25, 0.3) is 11.8 Å². The number of nitriles is 1. The van der Waals surface area contributed by atoms with E-state index >= 15 is 0 Å². The van der Waals surface area contributed by atoms with Crippen LogP contribution in [-0.4, -0.2) is 69.1 Å². The molecule has 210 valence electrons. The molecule has 2 aromatic heterocycles. The van der Waals surface area contributed by atoms with Crippen LogP contribution in [0.1, 0.15) is 61.5 Å². The number of anilines is 1. The SMILES string of the molecule is CC1C=C(n2ncc(C3CCN(c4c5c(n(C)c(=O)c4C#N)C=C(OC4CCOC4)C(C)(Br)C5)CC3)n2)C=NC1. The van der Waals surface area contributed by atoms with E-state index in [1.165, 1.54) is 0 Å². The van der Waals surface area contributed by atoms with Crippen molar-refractivity contribution in [3.63, 3.8) is 0 Å². The number of hydrogen-bond acceptors (Lipinski definition) is 8. The Morgan fingerprint density at radius 2 is 2.08 bits per heavy atom. The number of hydrogen-bond donors (Lipinski definition) is 0. The van der Waals surface area contributed by atoms with Gasteiger partial charge in [0, 0.05) is 56.9 Å². The zero-order valence-electron chi connectivity index (χ0n) is 23.1. The van der Waals surface area contributed by atoms with Crippen LogP contribution in [-0.2, 0) is 22.9 Å². The Labute approximate surface area is 242 Å². The summed E-state index contributed by atoms with van der Waals surface area (Å²) >= 11 is 3.91. The zero-order chi connectivity index (χ0) is 28.0. The fraction of sp³-hybridized carbons (Fsp3) is 0.552. The van der Waals surface area contributed by atoms with Crippen molar-refractivity contribution in [3.8, 4) is 6.07 Å². The van der Waals surface area contributed by atoms with Gasteiger partial charge in [0.2, 0.25) is 0 Å². The number of aliphatic imine (C=N–C) groups is 1. The molecule has 2 fully saturated rings. The lowest BCUT2D eigenvalue weighted by Gasteiger charge is -2.38. The van der Waals surface area contributed by atoms with Crippen LogP contribution in [0.2, 0.25) is 0 Å². The molecule has 3 aliphatic heterocycles. The Morgan fingerprint density at radius 1 is 1.27 bits per heavy atom. The van der Waals surface area contributed by atoms with Gasteiger partial charge in [-0.15, -0.1) is 0 Å². The highest BCUT2D eigenvalue weighted by molar-refractivity contribution is 9.10. The predicted molar refractivity (Wildman–Crippen MR) is 157 cm³/mol. The highest BCUT2D eigenvalue weighted by atomic mass is 79.9. The number of piperidine rings is 1. The first-order valence-electron chi connectivity index (χ1n) is 14.0. The van der Waals surface area contributed by atoms with Crippen molar-refractivity contribution < 1.29 is 9.47 Å². The first-order valence-corrected chi connectivity index (χ1v) is 14.7. The van der Waals surface area contributed by atoms with E-state index in [1.54, 1.807) is 16.4 Å². The number of nitrogens with zero attached hydrogens (tertiary/aromatic N) is 7. The molecule has 0 radical (unpaired) electrons. The maximum absolute atomic E-state index is 13.4.